The lowest BCUT2D eigenvalue weighted by molar-refractivity contribution is 0.315. The van der Waals surface area contributed by atoms with Crippen molar-refractivity contribution in [1.29, 1.82) is 0 Å². The molecule has 7 heteroatoms. The Labute approximate surface area is 155 Å². The summed E-state index contributed by atoms with van der Waals surface area (Å²) in [6, 6.07) is 12.0. The molecule has 3 aromatic heterocycles. The Morgan fingerprint density at radius 1 is 1.04 bits per heavy atom. The van der Waals surface area contributed by atoms with Gasteiger partial charge in [0.1, 0.15) is 11.0 Å². The highest BCUT2D eigenvalue weighted by Crippen LogP contribution is 2.47. The number of nitrogens with zero attached hydrogens (tertiary/aromatic N) is 5. The van der Waals surface area contributed by atoms with E-state index in [1.54, 1.807) is 0 Å². The van der Waals surface area contributed by atoms with E-state index in [-0.39, 0.29) is 11.8 Å². The summed E-state index contributed by atoms with van der Waals surface area (Å²) in [4.78, 5) is 9.56. The summed E-state index contributed by atoms with van der Waals surface area (Å²) < 4.78 is 5.01. The van der Waals surface area contributed by atoms with Crippen LogP contribution < -0.4 is 0 Å². The molecule has 1 aliphatic rings. The lowest BCUT2D eigenvalue weighted by Crippen LogP contribution is -2.25. The third kappa shape index (κ3) is 2.54. The number of aliphatic imine (C=N–C) groups is 1. The number of pyridine rings is 1. The van der Waals surface area contributed by atoms with Gasteiger partial charge in [-0.15, -0.1) is 0 Å². The van der Waals surface area contributed by atoms with Crippen molar-refractivity contribution in [2.75, 3.05) is 0 Å². The van der Waals surface area contributed by atoms with Crippen molar-refractivity contribution >= 4 is 22.6 Å². The molecule has 0 spiro atoms. The van der Waals surface area contributed by atoms with Crippen LogP contribution in [0.2, 0.25) is 0 Å². The molecule has 5 rings (SSSR count). The average Bonchev–Trinajstić information content (AvgIpc) is 3.36. The molecule has 27 heavy (non-hydrogen) atoms. The topological polar surface area (TPSA) is 92.8 Å². The Kier molecular flexibility index (Phi) is 3.78. The number of benzene rings is 1. The first-order chi connectivity index (χ1) is 13.4. The first-order valence-corrected chi connectivity index (χ1v) is 9.09. The third-order valence-electron chi connectivity index (χ3n) is 5.10. The van der Waals surface area contributed by atoms with Crippen LogP contribution in [0.5, 0.6) is 0 Å². The Balaban J connectivity index is 1.77. The van der Waals surface area contributed by atoms with Gasteiger partial charge in [0.2, 0.25) is 0 Å². The van der Waals surface area contributed by atoms with E-state index in [0.717, 1.165) is 52.2 Å². The summed E-state index contributed by atoms with van der Waals surface area (Å²) in [5.74, 6) is 0.811. The average molecular weight is 358 g/mol. The maximum atomic E-state index is 5.01. The second-order valence-electron chi connectivity index (χ2n) is 6.72. The summed E-state index contributed by atoms with van der Waals surface area (Å²) in [7, 11) is 0. The number of aromatic nitrogens is 5. The fourth-order valence-electron chi connectivity index (χ4n) is 3.98. The van der Waals surface area contributed by atoms with Gasteiger partial charge in [-0.05, 0) is 40.5 Å². The molecule has 0 fully saturated rings. The fraction of sp³-hybridized carbons (Fsp3) is 0.250. The molecule has 7 nitrogen and oxygen atoms in total. The Morgan fingerprint density at radius 2 is 2.00 bits per heavy atom. The highest BCUT2D eigenvalue weighted by atomic mass is 16.6. The number of aromatic amines is 1. The summed E-state index contributed by atoms with van der Waals surface area (Å²) in [5, 5.41) is 15.5. The van der Waals surface area contributed by atoms with Crippen LogP contribution in [0.25, 0.3) is 11.0 Å². The van der Waals surface area contributed by atoms with Crippen molar-refractivity contribution in [2.24, 2.45) is 4.99 Å². The van der Waals surface area contributed by atoms with Gasteiger partial charge in [0.05, 0.1) is 12.1 Å². The molecule has 2 atom stereocenters. The minimum atomic E-state index is -0.0108. The molecular weight excluding hydrogens is 340 g/mol. The molecule has 134 valence electrons. The highest BCUT2D eigenvalue weighted by Gasteiger charge is 2.38. The van der Waals surface area contributed by atoms with E-state index >= 15 is 0 Å². The van der Waals surface area contributed by atoms with Crippen molar-refractivity contribution in [3.8, 4) is 0 Å². The highest BCUT2D eigenvalue weighted by molar-refractivity contribution is 5.97. The molecule has 1 N–H and O–H groups in total. The summed E-state index contributed by atoms with van der Waals surface area (Å²) >= 11 is 0. The van der Waals surface area contributed by atoms with Gasteiger partial charge in [-0.1, -0.05) is 31.5 Å². The zero-order valence-corrected chi connectivity index (χ0v) is 14.8. The molecule has 0 bridgehead atoms. The molecule has 2 unspecified atom stereocenters. The predicted octanol–water partition coefficient (Wildman–Crippen LogP) is 4.14. The minimum absolute atomic E-state index is 0.0108. The molecule has 0 saturated carbocycles. The first kappa shape index (κ1) is 15.9. The van der Waals surface area contributed by atoms with Crippen LogP contribution in [-0.2, 0) is 0 Å². The molecule has 0 saturated heterocycles. The van der Waals surface area contributed by atoms with Crippen molar-refractivity contribution in [3.63, 3.8) is 0 Å². The maximum absolute atomic E-state index is 5.01. The van der Waals surface area contributed by atoms with Gasteiger partial charge in [-0.25, -0.2) is 9.62 Å². The largest absolute Gasteiger partial charge is 0.261 e. The van der Waals surface area contributed by atoms with E-state index in [4.69, 9.17) is 9.62 Å². The van der Waals surface area contributed by atoms with Crippen LogP contribution in [-0.4, -0.2) is 31.2 Å². The van der Waals surface area contributed by atoms with E-state index in [9.17, 15) is 0 Å². The number of rotatable bonds is 4. The molecule has 4 heterocycles. The van der Waals surface area contributed by atoms with E-state index < -0.39 is 0 Å². The van der Waals surface area contributed by atoms with Gasteiger partial charge in [0.25, 0.3) is 0 Å². The van der Waals surface area contributed by atoms with Crippen molar-refractivity contribution in [3.05, 3.63) is 65.6 Å². The summed E-state index contributed by atoms with van der Waals surface area (Å²) in [5.41, 5.74) is 5.71. The molecule has 0 aliphatic carbocycles. The molecule has 0 radical (unpaired) electrons. The second kappa shape index (κ2) is 6.42. The lowest BCUT2D eigenvalue weighted by atomic mass is 9.74. The van der Waals surface area contributed by atoms with Crippen LogP contribution in [0.1, 0.15) is 48.4 Å². The van der Waals surface area contributed by atoms with Crippen molar-refractivity contribution < 1.29 is 4.63 Å². The normalized spacial score (nSPS) is 19.1. The Bertz CT molecular complexity index is 1110. The smallest absolute Gasteiger partial charge is 0.151 e. The zero-order valence-electron chi connectivity index (χ0n) is 14.8. The van der Waals surface area contributed by atoms with E-state index in [0.29, 0.717) is 0 Å². The van der Waals surface area contributed by atoms with Crippen LogP contribution in [0.15, 0.2) is 58.4 Å². The van der Waals surface area contributed by atoms with E-state index in [1.165, 1.54) is 0 Å². The Hall–Kier alpha value is -3.35. The lowest BCUT2D eigenvalue weighted by Gasteiger charge is -2.31. The van der Waals surface area contributed by atoms with Crippen LogP contribution in [0.3, 0.4) is 0 Å². The van der Waals surface area contributed by atoms with Gasteiger partial charge < -0.3 is 0 Å². The monoisotopic (exact) mass is 358 g/mol. The number of nitrogens with one attached hydrogen (secondary N) is 1. The SMILES string of the molecule is CCCC1=Nc2[nH]ncc2C(c2cccc3nonc23)C1c1ccccn1. The number of hydrogen-bond donors (Lipinski definition) is 1. The van der Waals surface area contributed by atoms with Gasteiger partial charge in [0, 0.05) is 29.1 Å². The maximum Gasteiger partial charge on any atom is 0.151 e. The molecular formula is C20H18N6O. The standard InChI is InChI=1S/C20H18N6O/c1-2-6-15-18(14-8-3-4-10-21-14)17(13-11-22-24-20(13)23-15)12-7-5-9-16-19(12)26-27-25-16/h3-5,7-11,17-18H,2,6H2,1H3,(H,22,24). The fourth-order valence-corrected chi connectivity index (χ4v) is 3.98. The molecule has 1 aliphatic heterocycles. The third-order valence-corrected chi connectivity index (χ3v) is 5.10. The minimum Gasteiger partial charge on any atom is -0.261 e. The molecule has 1 aromatic carbocycles. The number of fused-ring (bicyclic) bond motifs is 2. The van der Waals surface area contributed by atoms with Gasteiger partial charge in [0.15, 0.2) is 5.82 Å². The Morgan fingerprint density at radius 3 is 2.85 bits per heavy atom. The first-order valence-electron chi connectivity index (χ1n) is 9.09. The van der Waals surface area contributed by atoms with Crippen molar-refractivity contribution in [1.82, 2.24) is 25.5 Å². The van der Waals surface area contributed by atoms with Crippen molar-refractivity contribution in [2.45, 2.75) is 31.6 Å². The number of H-pyrrole nitrogens is 1. The van der Waals surface area contributed by atoms with Crippen LogP contribution in [0.4, 0.5) is 5.82 Å². The summed E-state index contributed by atoms with van der Waals surface area (Å²) in [6.07, 6.45) is 5.59. The second-order valence-corrected chi connectivity index (χ2v) is 6.72. The van der Waals surface area contributed by atoms with Gasteiger partial charge in [-0.2, -0.15) is 5.10 Å². The van der Waals surface area contributed by atoms with E-state index in [2.05, 4.69) is 44.6 Å². The number of hydrogen-bond acceptors (Lipinski definition) is 6. The van der Waals surface area contributed by atoms with Gasteiger partial charge >= 0.3 is 0 Å². The van der Waals surface area contributed by atoms with Crippen LogP contribution in [0, 0.1) is 0 Å². The quantitative estimate of drug-likeness (QED) is 0.592. The zero-order chi connectivity index (χ0) is 18.2. The summed E-state index contributed by atoms with van der Waals surface area (Å²) in [6.45, 7) is 2.16. The van der Waals surface area contributed by atoms with Gasteiger partial charge in [-0.3, -0.25) is 10.1 Å². The van der Waals surface area contributed by atoms with E-state index in [1.807, 2.05) is 36.7 Å². The molecule has 4 aromatic rings. The van der Waals surface area contributed by atoms with Crippen LogP contribution >= 0.6 is 0 Å². The molecule has 0 amide bonds. The predicted molar refractivity (Wildman–Crippen MR) is 101 cm³/mol.